The SMILES string of the molecule is Cc1nnc(Sc2nc3sccn3c2CNC(C)C)n1C. The van der Waals surface area contributed by atoms with Crippen molar-refractivity contribution in [3.8, 4) is 0 Å². The summed E-state index contributed by atoms with van der Waals surface area (Å²) in [5.41, 5.74) is 1.17. The fraction of sp³-hybridized carbons (Fsp3) is 0.462. The van der Waals surface area contributed by atoms with E-state index >= 15 is 0 Å². The number of nitrogens with one attached hydrogen (secondary N) is 1. The van der Waals surface area contributed by atoms with Crippen molar-refractivity contribution in [1.82, 2.24) is 29.5 Å². The van der Waals surface area contributed by atoms with E-state index in [-0.39, 0.29) is 0 Å². The molecule has 0 radical (unpaired) electrons. The number of imidazole rings is 1. The molecule has 6 nitrogen and oxygen atoms in total. The van der Waals surface area contributed by atoms with E-state index < -0.39 is 0 Å². The summed E-state index contributed by atoms with van der Waals surface area (Å²) in [6, 6.07) is 0.434. The molecule has 0 atom stereocenters. The third-order valence-corrected chi connectivity index (χ3v) is 5.06. The zero-order valence-corrected chi connectivity index (χ0v) is 14.1. The van der Waals surface area contributed by atoms with Crippen molar-refractivity contribution in [3.05, 3.63) is 23.1 Å². The normalized spacial score (nSPS) is 11.9. The Morgan fingerprint density at radius 2 is 2.19 bits per heavy atom. The maximum Gasteiger partial charge on any atom is 0.197 e. The molecule has 8 heteroatoms. The molecular formula is C13H18N6S2. The Labute approximate surface area is 131 Å². The minimum Gasteiger partial charge on any atom is -0.309 e. The fourth-order valence-corrected chi connectivity index (χ4v) is 3.65. The van der Waals surface area contributed by atoms with Gasteiger partial charge in [0.05, 0.1) is 5.69 Å². The van der Waals surface area contributed by atoms with Gasteiger partial charge in [-0.2, -0.15) is 0 Å². The van der Waals surface area contributed by atoms with Gasteiger partial charge in [0.2, 0.25) is 0 Å². The number of fused-ring (bicyclic) bond motifs is 1. The summed E-state index contributed by atoms with van der Waals surface area (Å²) in [5.74, 6) is 0.903. The molecule has 3 aromatic rings. The van der Waals surface area contributed by atoms with E-state index in [2.05, 4.69) is 45.3 Å². The van der Waals surface area contributed by atoms with Crippen LogP contribution in [-0.2, 0) is 13.6 Å². The molecule has 3 rings (SSSR count). The molecule has 0 aliphatic carbocycles. The first kappa shape index (κ1) is 14.6. The predicted molar refractivity (Wildman–Crippen MR) is 84.9 cm³/mol. The van der Waals surface area contributed by atoms with E-state index in [4.69, 9.17) is 4.98 Å². The fourth-order valence-electron chi connectivity index (χ4n) is 1.92. The van der Waals surface area contributed by atoms with Crippen molar-refractivity contribution in [2.75, 3.05) is 0 Å². The lowest BCUT2D eigenvalue weighted by Gasteiger charge is -2.08. The largest absolute Gasteiger partial charge is 0.309 e. The summed E-state index contributed by atoms with van der Waals surface area (Å²) in [4.78, 5) is 5.73. The quantitative estimate of drug-likeness (QED) is 0.782. The molecule has 3 heterocycles. The van der Waals surface area contributed by atoms with Crippen molar-refractivity contribution in [3.63, 3.8) is 0 Å². The smallest absolute Gasteiger partial charge is 0.197 e. The van der Waals surface area contributed by atoms with Gasteiger partial charge in [-0.15, -0.1) is 21.5 Å². The van der Waals surface area contributed by atoms with Crippen molar-refractivity contribution in [2.24, 2.45) is 7.05 Å². The van der Waals surface area contributed by atoms with Crippen LogP contribution < -0.4 is 5.32 Å². The van der Waals surface area contributed by atoms with Crippen LogP contribution in [0, 0.1) is 6.92 Å². The summed E-state index contributed by atoms with van der Waals surface area (Å²) >= 11 is 3.21. The first-order valence-electron chi connectivity index (χ1n) is 6.78. The van der Waals surface area contributed by atoms with Gasteiger partial charge in [0, 0.05) is 31.2 Å². The van der Waals surface area contributed by atoms with Crippen molar-refractivity contribution in [1.29, 1.82) is 0 Å². The molecule has 0 spiro atoms. The van der Waals surface area contributed by atoms with Crippen LogP contribution in [-0.4, -0.2) is 30.2 Å². The molecule has 0 saturated heterocycles. The first-order valence-corrected chi connectivity index (χ1v) is 8.47. The third kappa shape index (κ3) is 2.83. The van der Waals surface area contributed by atoms with E-state index in [9.17, 15) is 0 Å². The van der Waals surface area contributed by atoms with Crippen LogP contribution in [0.3, 0.4) is 0 Å². The predicted octanol–water partition coefficient (Wildman–Crippen LogP) is 2.48. The van der Waals surface area contributed by atoms with Gasteiger partial charge in [-0.25, -0.2) is 4.98 Å². The number of nitrogens with zero attached hydrogens (tertiary/aromatic N) is 5. The summed E-state index contributed by atoms with van der Waals surface area (Å²) in [6.45, 7) is 7.02. The highest BCUT2D eigenvalue weighted by molar-refractivity contribution is 7.99. The standard InChI is InChI=1S/C13H18N6S2/c1-8(2)14-7-10-11(15-12-19(10)5-6-20-12)21-13-17-16-9(3)18(13)4/h5-6,8,14H,7H2,1-4H3. The molecule has 0 bridgehead atoms. The van der Waals surface area contributed by atoms with E-state index in [1.54, 1.807) is 23.1 Å². The van der Waals surface area contributed by atoms with E-state index in [1.165, 1.54) is 5.69 Å². The minimum absolute atomic E-state index is 0.434. The number of rotatable bonds is 5. The molecular weight excluding hydrogens is 304 g/mol. The zero-order valence-electron chi connectivity index (χ0n) is 12.5. The molecule has 0 aliphatic heterocycles. The maximum absolute atomic E-state index is 4.72. The minimum atomic E-state index is 0.434. The van der Waals surface area contributed by atoms with Gasteiger partial charge < -0.3 is 9.88 Å². The van der Waals surface area contributed by atoms with Gasteiger partial charge in [-0.05, 0) is 18.7 Å². The Hall–Kier alpha value is -1.38. The Morgan fingerprint density at radius 3 is 2.86 bits per heavy atom. The molecule has 0 saturated carbocycles. The molecule has 112 valence electrons. The molecule has 0 aliphatic rings. The van der Waals surface area contributed by atoms with Crippen LogP contribution in [0.4, 0.5) is 0 Å². The zero-order chi connectivity index (χ0) is 15.0. The van der Waals surface area contributed by atoms with Crippen LogP contribution in [0.1, 0.15) is 25.4 Å². The molecule has 21 heavy (non-hydrogen) atoms. The number of aromatic nitrogens is 5. The number of hydrogen-bond acceptors (Lipinski definition) is 6. The highest BCUT2D eigenvalue weighted by Gasteiger charge is 2.17. The van der Waals surface area contributed by atoms with Gasteiger partial charge in [0.1, 0.15) is 10.9 Å². The second kappa shape index (κ2) is 5.78. The van der Waals surface area contributed by atoms with Crippen LogP contribution in [0.2, 0.25) is 0 Å². The lowest BCUT2D eigenvalue weighted by atomic mass is 10.3. The molecule has 1 N–H and O–H groups in total. The van der Waals surface area contributed by atoms with Crippen LogP contribution >= 0.6 is 23.1 Å². The van der Waals surface area contributed by atoms with Crippen molar-refractivity contribution >= 4 is 28.1 Å². The Morgan fingerprint density at radius 1 is 1.38 bits per heavy atom. The number of hydrogen-bond donors (Lipinski definition) is 1. The molecule has 3 aromatic heterocycles. The van der Waals surface area contributed by atoms with E-state index in [0.29, 0.717) is 6.04 Å². The average molecular weight is 322 g/mol. The summed E-state index contributed by atoms with van der Waals surface area (Å²) in [6.07, 6.45) is 2.07. The molecule has 0 unspecified atom stereocenters. The van der Waals surface area contributed by atoms with E-state index in [1.807, 2.05) is 18.5 Å². The second-order valence-corrected chi connectivity index (χ2v) is 6.97. The second-order valence-electron chi connectivity index (χ2n) is 5.15. The summed E-state index contributed by atoms with van der Waals surface area (Å²) in [7, 11) is 1.97. The number of thiazole rings is 1. The van der Waals surface area contributed by atoms with Gasteiger partial charge in [0.15, 0.2) is 10.1 Å². The third-order valence-electron chi connectivity index (χ3n) is 3.24. The van der Waals surface area contributed by atoms with Crippen molar-refractivity contribution in [2.45, 2.75) is 43.5 Å². The maximum atomic E-state index is 4.72. The van der Waals surface area contributed by atoms with Crippen LogP contribution in [0.25, 0.3) is 4.96 Å². The van der Waals surface area contributed by atoms with Crippen molar-refractivity contribution < 1.29 is 0 Å². The first-order chi connectivity index (χ1) is 10.1. The van der Waals surface area contributed by atoms with E-state index in [0.717, 1.165) is 27.5 Å². The van der Waals surface area contributed by atoms with Crippen LogP contribution in [0.5, 0.6) is 0 Å². The lowest BCUT2D eigenvalue weighted by Crippen LogP contribution is -2.22. The topological polar surface area (TPSA) is 60.0 Å². The lowest BCUT2D eigenvalue weighted by molar-refractivity contribution is 0.574. The van der Waals surface area contributed by atoms with Gasteiger partial charge in [0.25, 0.3) is 0 Å². The monoisotopic (exact) mass is 322 g/mol. The average Bonchev–Trinajstić information content (AvgIpc) is 3.08. The van der Waals surface area contributed by atoms with Gasteiger partial charge in [-0.3, -0.25) is 4.40 Å². The Balaban J connectivity index is 1.95. The Bertz CT molecular complexity index is 754. The molecule has 0 fully saturated rings. The summed E-state index contributed by atoms with van der Waals surface area (Å²) in [5, 5.41) is 15.7. The van der Waals surface area contributed by atoms with Gasteiger partial charge >= 0.3 is 0 Å². The molecule has 0 aromatic carbocycles. The highest BCUT2D eigenvalue weighted by atomic mass is 32.2. The van der Waals surface area contributed by atoms with Crippen LogP contribution in [0.15, 0.2) is 21.8 Å². The Kier molecular flexibility index (Phi) is 4.01. The molecule has 0 amide bonds. The number of aryl methyl sites for hydroxylation is 1. The summed E-state index contributed by atoms with van der Waals surface area (Å²) < 4.78 is 4.13. The highest BCUT2D eigenvalue weighted by Crippen LogP contribution is 2.30. The van der Waals surface area contributed by atoms with Gasteiger partial charge in [-0.1, -0.05) is 13.8 Å².